The molecule has 0 bridgehead atoms. The minimum Gasteiger partial charge on any atom is -0.465 e. The number of isothiocyanates is 1. The van der Waals surface area contributed by atoms with E-state index in [2.05, 4.69) is 25.8 Å². The van der Waals surface area contributed by atoms with Gasteiger partial charge >= 0.3 is 5.97 Å². The standard InChI is InChI=1S/C7H4FNO5S2/c1-13-7(10)4-2-14-6(8)5(4)16(11,12)9-3-15/h2H,1H3. The van der Waals surface area contributed by atoms with E-state index in [4.69, 9.17) is 0 Å². The van der Waals surface area contributed by atoms with Crippen LogP contribution >= 0.6 is 12.2 Å². The molecule has 1 rings (SSSR count). The van der Waals surface area contributed by atoms with Crippen LogP contribution in [-0.2, 0) is 14.8 Å². The second-order valence-corrected chi connectivity index (χ2v) is 4.12. The Morgan fingerprint density at radius 1 is 1.69 bits per heavy atom. The number of furan rings is 1. The lowest BCUT2D eigenvalue weighted by Gasteiger charge is -1.97. The molecule has 9 heteroatoms. The summed E-state index contributed by atoms with van der Waals surface area (Å²) < 4.78 is 46.9. The van der Waals surface area contributed by atoms with Crippen LogP contribution in [0, 0.1) is 6.01 Å². The topological polar surface area (TPSA) is 85.9 Å². The van der Waals surface area contributed by atoms with E-state index in [1.165, 1.54) is 0 Å². The summed E-state index contributed by atoms with van der Waals surface area (Å²) in [6.07, 6.45) is 0.618. The molecule has 0 spiro atoms. The molecule has 1 aromatic rings. The molecule has 0 aliphatic rings. The summed E-state index contributed by atoms with van der Waals surface area (Å²) in [7, 11) is -3.44. The van der Waals surface area contributed by atoms with Crippen molar-refractivity contribution >= 4 is 33.4 Å². The average molecular weight is 265 g/mol. The van der Waals surface area contributed by atoms with E-state index < -0.39 is 32.5 Å². The number of esters is 1. The highest BCUT2D eigenvalue weighted by molar-refractivity contribution is 7.91. The number of hydrogen-bond acceptors (Lipinski definition) is 6. The Labute approximate surface area is 94.8 Å². The predicted molar refractivity (Wildman–Crippen MR) is 52.2 cm³/mol. The first kappa shape index (κ1) is 12.5. The van der Waals surface area contributed by atoms with Crippen LogP contribution in [-0.4, -0.2) is 26.7 Å². The van der Waals surface area contributed by atoms with E-state index >= 15 is 0 Å². The van der Waals surface area contributed by atoms with Gasteiger partial charge in [-0.25, -0.2) is 4.79 Å². The zero-order valence-corrected chi connectivity index (χ0v) is 9.39. The molecule has 0 radical (unpaired) electrons. The lowest BCUT2D eigenvalue weighted by Crippen LogP contribution is -2.07. The smallest absolute Gasteiger partial charge is 0.342 e. The zero-order valence-electron chi connectivity index (χ0n) is 7.76. The van der Waals surface area contributed by atoms with E-state index in [-0.39, 0.29) is 0 Å². The Morgan fingerprint density at radius 2 is 2.31 bits per heavy atom. The lowest BCUT2D eigenvalue weighted by atomic mass is 10.3. The average Bonchev–Trinajstić information content (AvgIpc) is 2.59. The van der Waals surface area contributed by atoms with E-state index in [0.717, 1.165) is 7.11 Å². The van der Waals surface area contributed by atoms with Crippen LogP contribution in [0.2, 0.25) is 0 Å². The highest BCUT2D eigenvalue weighted by Crippen LogP contribution is 2.23. The maximum atomic E-state index is 13.1. The van der Waals surface area contributed by atoms with Crippen molar-refractivity contribution in [2.75, 3.05) is 7.11 Å². The lowest BCUT2D eigenvalue weighted by molar-refractivity contribution is 0.0596. The molecule has 0 aromatic carbocycles. The number of halogens is 1. The maximum absolute atomic E-state index is 13.1. The fourth-order valence-corrected chi connectivity index (χ4v) is 2.05. The van der Waals surface area contributed by atoms with Gasteiger partial charge in [-0.2, -0.15) is 12.8 Å². The zero-order chi connectivity index (χ0) is 12.3. The molecule has 1 heterocycles. The first-order valence-electron chi connectivity index (χ1n) is 3.63. The van der Waals surface area contributed by atoms with Gasteiger partial charge in [0.2, 0.25) is 0 Å². The molecule has 1 aromatic heterocycles. The Hall–Kier alpha value is -1.57. The van der Waals surface area contributed by atoms with Gasteiger partial charge in [0.25, 0.3) is 16.0 Å². The van der Waals surface area contributed by atoms with Crippen molar-refractivity contribution in [3.8, 4) is 0 Å². The number of thiocarbonyl (C=S) groups is 1. The fourth-order valence-electron chi connectivity index (χ4n) is 0.909. The molecule has 0 aliphatic carbocycles. The van der Waals surface area contributed by atoms with Crippen molar-refractivity contribution in [2.24, 2.45) is 4.40 Å². The van der Waals surface area contributed by atoms with Crippen molar-refractivity contribution in [3.63, 3.8) is 0 Å². The van der Waals surface area contributed by atoms with Crippen LogP contribution in [0.1, 0.15) is 10.4 Å². The van der Waals surface area contributed by atoms with Gasteiger partial charge in [0, 0.05) is 0 Å². The summed E-state index contributed by atoms with van der Waals surface area (Å²) in [5, 5.41) is 1.57. The predicted octanol–water partition coefficient (Wildman–Crippen LogP) is 0.997. The third kappa shape index (κ3) is 2.16. The molecule has 0 saturated heterocycles. The van der Waals surface area contributed by atoms with Crippen LogP contribution in [0.4, 0.5) is 4.39 Å². The van der Waals surface area contributed by atoms with Gasteiger partial charge in [-0.1, -0.05) is 0 Å². The normalized spacial score (nSPS) is 10.6. The van der Waals surface area contributed by atoms with Gasteiger partial charge in [0.05, 0.1) is 12.3 Å². The molecule has 0 fully saturated rings. The number of carbonyl (C=O) groups excluding carboxylic acids is 1. The number of sulfonamides is 1. The summed E-state index contributed by atoms with van der Waals surface area (Å²) in [5.41, 5.74) is -0.589. The minimum atomic E-state index is -4.44. The number of ether oxygens (including phenoxy) is 1. The Morgan fingerprint density at radius 3 is 2.81 bits per heavy atom. The third-order valence-corrected chi connectivity index (χ3v) is 2.96. The van der Waals surface area contributed by atoms with Crippen LogP contribution < -0.4 is 0 Å². The van der Waals surface area contributed by atoms with E-state index in [0.29, 0.717) is 6.26 Å². The molecule has 0 saturated carbocycles. The number of carbonyl (C=O) groups is 1. The van der Waals surface area contributed by atoms with E-state index in [1.54, 1.807) is 5.16 Å². The summed E-state index contributed by atoms with van der Waals surface area (Å²) >= 11 is 4.09. The first-order chi connectivity index (χ1) is 7.44. The monoisotopic (exact) mass is 265 g/mol. The van der Waals surface area contributed by atoms with Crippen LogP contribution in [0.5, 0.6) is 0 Å². The highest BCUT2D eigenvalue weighted by Gasteiger charge is 2.30. The summed E-state index contributed by atoms with van der Waals surface area (Å²) in [4.78, 5) is 10.1. The Balaban J connectivity index is 3.50. The van der Waals surface area contributed by atoms with Gasteiger partial charge in [0.1, 0.15) is 11.8 Å². The van der Waals surface area contributed by atoms with Crippen LogP contribution in [0.25, 0.3) is 0 Å². The molecule has 86 valence electrons. The SMILES string of the molecule is COC(=O)c1coc(F)c1S(=O)(=O)N=C=S. The summed E-state index contributed by atoms with van der Waals surface area (Å²) in [6, 6.07) is -1.46. The van der Waals surface area contributed by atoms with Gasteiger partial charge < -0.3 is 9.15 Å². The van der Waals surface area contributed by atoms with Crippen molar-refractivity contribution < 1.29 is 26.8 Å². The third-order valence-electron chi connectivity index (χ3n) is 1.52. The maximum Gasteiger partial charge on any atom is 0.342 e. The highest BCUT2D eigenvalue weighted by atomic mass is 32.2. The Kier molecular flexibility index (Phi) is 3.53. The second kappa shape index (κ2) is 4.52. The molecule has 0 N–H and O–H groups in total. The second-order valence-electron chi connectivity index (χ2n) is 2.40. The molecule has 0 amide bonds. The molecule has 6 nitrogen and oxygen atoms in total. The van der Waals surface area contributed by atoms with Gasteiger partial charge in [-0.3, -0.25) is 0 Å². The fraction of sp³-hybridized carbons (Fsp3) is 0.143. The molecule has 0 unspecified atom stereocenters. The molecular weight excluding hydrogens is 261 g/mol. The van der Waals surface area contributed by atoms with Crippen molar-refractivity contribution in [3.05, 3.63) is 17.8 Å². The minimum absolute atomic E-state index is 0.589. The number of nitrogens with zero attached hydrogens (tertiary/aromatic N) is 1. The van der Waals surface area contributed by atoms with Crippen molar-refractivity contribution in [1.82, 2.24) is 0 Å². The first-order valence-corrected chi connectivity index (χ1v) is 5.48. The van der Waals surface area contributed by atoms with Crippen molar-refractivity contribution in [2.45, 2.75) is 4.90 Å². The van der Waals surface area contributed by atoms with Crippen molar-refractivity contribution in [1.29, 1.82) is 0 Å². The van der Waals surface area contributed by atoms with Crippen LogP contribution in [0.15, 0.2) is 20.0 Å². The van der Waals surface area contributed by atoms with Crippen LogP contribution in [0.3, 0.4) is 0 Å². The Bertz CT molecular complexity index is 570. The molecule has 0 atom stereocenters. The summed E-state index contributed by atoms with van der Waals surface area (Å²) in [5.74, 6) is -1.06. The molecule has 16 heavy (non-hydrogen) atoms. The van der Waals surface area contributed by atoms with E-state index in [1.807, 2.05) is 0 Å². The molecular formula is C7H4FNO5S2. The quantitative estimate of drug-likeness (QED) is 0.460. The number of rotatable bonds is 3. The largest absolute Gasteiger partial charge is 0.465 e. The summed E-state index contributed by atoms with van der Waals surface area (Å²) in [6.45, 7) is 0. The number of methoxy groups -OCH3 is 1. The van der Waals surface area contributed by atoms with E-state index in [9.17, 15) is 17.6 Å². The molecule has 0 aliphatic heterocycles. The van der Waals surface area contributed by atoms with Gasteiger partial charge in [-0.15, -0.1) is 4.40 Å². The van der Waals surface area contributed by atoms with Gasteiger partial charge in [0.15, 0.2) is 4.90 Å². The van der Waals surface area contributed by atoms with Gasteiger partial charge in [-0.05, 0) is 12.2 Å². The number of hydrogen-bond donors (Lipinski definition) is 0.